The predicted octanol–water partition coefficient (Wildman–Crippen LogP) is -1.23. The molecule has 9 nitrogen and oxygen atoms in total. The molecule has 9 heteroatoms. The first kappa shape index (κ1) is 18.6. The maximum absolute atomic E-state index is 13.1. The molecular weight excluding hydrogens is 356 g/mol. The average molecular weight is 389 g/mol. The lowest BCUT2D eigenvalue weighted by atomic mass is 9.72. The molecule has 4 heterocycles. The van der Waals surface area contributed by atoms with Crippen molar-refractivity contribution < 1.29 is 4.79 Å². The summed E-state index contributed by atoms with van der Waals surface area (Å²) >= 11 is 0. The van der Waals surface area contributed by atoms with Gasteiger partial charge in [0.2, 0.25) is 5.91 Å². The molecule has 1 saturated carbocycles. The molecule has 1 amide bonds. The van der Waals surface area contributed by atoms with Gasteiger partial charge in [-0.25, -0.2) is 5.43 Å². The van der Waals surface area contributed by atoms with Gasteiger partial charge in [0.15, 0.2) is 6.19 Å². The van der Waals surface area contributed by atoms with Crippen LogP contribution in [0.1, 0.15) is 32.1 Å². The summed E-state index contributed by atoms with van der Waals surface area (Å²) in [6.45, 7) is 4.81. The van der Waals surface area contributed by atoms with Crippen LogP contribution < -0.4 is 21.7 Å². The molecule has 0 aromatic carbocycles. The fourth-order valence-corrected chi connectivity index (χ4v) is 6.08. The molecule has 0 radical (unpaired) electrons. The number of nitriles is 1. The van der Waals surface area contributed by atoms with Crippen molar-refractivity contribution in [3.8, 4) is 6.19 Å². The Balaban J connectivity index is 1.19. The molecule has 4 saturated heterocycles. The number of carbonyl (C=O) groups excluding carboxylic acids is 1. The Hall–Kier alpha value is -1.44. The van der Waals surface area contributed by atoms with Gasteiger partial charge in [0.1, 0.15) is 6.04 Å². The largest absolute Gasteiger partial charge is 0.323 e. The summed E-state index contributed by atoms with van der Waals surface area (Å²) in [5, 5.41) is 9.20. The smallest absolute Gasteiger partial charge is 0.243 e. The Morgan fingerprint density at radius 3 is 2.61 bits per heavy atom. The van der Waals surface area contributed by atoms with E-state index in [1.54, 1.807) is 4.90 Å². The molecule has 28 heavy (non-hydrogen) atoms. The van der Waals surface area contributed by atoms with Crippen molar-refractivity contribution in [2.75, 3.05) is 39.3 Å². The Labute approximate surface area is 166 Å². The van der Waals surface area contributed by atoms with Gasteiger partial charge in [-0.1, -0.05) is 6.42 Å². The van der Waals surface area contributed by atoms with Gasteiger partial charge in [-0.2, -0.15) is 5.26 Å². The summed E-state index contributed by atoms with van der Waals surface area (Å²) < 4.78 is 0. The first-order valence-corrected chi connectivity index (χ1v) is 10.9. The summed E-state index contributed by atoms with van der Waals surface area (Å²) in [6, 6.07) is 0.921. The van der Waals surface area contributed by atoms with Gasteiger partial charge in [0.25, 0.3) is 0 Å². The molecule has 6 atom stereocenters. The molecular formula is C19H32N8O. The molecule has 5 rings (SSSR count). The van der Waals surface area contributed by atoms with E-state index in [1.165, 1.54) is 19.3 Å². The van der Waals surface area contributed by atoms with Crippen LogP contribution in [0, 0.1) is 23.3 Å². The number of amides is 1. The molecule has 154 valence electrons. The van der Waals surface area contributed by atoms with Crippen LogP contribution in [0.3, 0.4) is 0 Å². The third kappa shape index (κ3) is 3.27. The second-order valence-electron chi connectivity index (χ2n) is 9.01. The van der Waals surface area contributed by atoms with E-state index in [2.05, 4.69) is 32.8 Å². The fraction of sp³-hybridized carbons (Fsp3) is 0.895. The van der Waals surface area contributed by atoms with Crippen molar-refractivity contribution in [1.82, 2.24) is 36.4 Å². The summed E-state index contributed by atoms with van der Waals surface area (Å²) in [5.41, 5.74) is 13.9. The number of carbonyl (C=O) groups is 1. The lowest BCUT2D eigenvalue weighted by Gasteiger charge is -2.49. The molecule has 0 aromatic heterocycles. The zero-order chi connectivity index (χ0) is 19.1. The van der Waals surface area contributed by atoms with Gasteiger partial charge in [0, 0.05) is 44.8 Å². The number of nitrogens with one attached hydrogen (secondary N) is 4. The van der Waals surface area contributed by atoms with Crippen molar-refractivity contribution in [3.63, 3.8) is 0 Å². The molecule has 0 spiro atoms. The van der Waals surface area contributed by atoms with E-state index in [1.807, 2.05) is 4.90 Å². The van der Waals surface area contributed by atoms with Gasteiger partial charge in [-0.3, -0.25) is 26.0 Å². The van der Waals surface area contributed by atoms with Crippen molar-refractivity contribution in [1.29, 1.82) is 5.26 Å². The van der Waals surface area contributed by atoms with E-state index in [0.29, 0.717) is 30.5 Å². The average Bonchev–Trinajstić information content (AvgIpc) is 3.23. The minimum Gasteiger partial charge on any atom is -0.323 e. The third-order valence-corrected chi connectivity index (χ3v) is 7.65. The fourth-order valence-electron chi connectivity index (χ4n) is 6.08. The standard InChI is InChI=1S/C19H32N8O/c20-12-25-6-7-26-8-9-27(19(28)17(26)11-25)18-5-4-16(23-24-18)13-2-1-3-15-14(13)10-21-22-15/h13-18,21-24H,1-11H2/t13?,14?,15?,16?,17-,18?/m1/s1. The maximum atomic E-state index is 13.1. The number of hydrazine groups is 2. The van der Waals surface area contributed by atoms with Gasteiger partial charge in [0.05, 0.1) is 12.7 Å². The van der Waals surface area contributed by atoms with Crippen molar-refractivity contribution in [2.24, 2.45) is 11.8 Å². The van der Waals surface area contributed by atoms with Crippen LogP contribution in [0.25, 0.3) is 0 Å². The van der Waals surface area contributed by atoms with Gasteiger partial charge < -0.3 is 9.80 Å². The summed E-state index contributed by atoms with van der Waals surface area (Å²) in [7, 11) is 0. The first-order valence-electron chi connectivity index (χ1n) is 10.9. The van der Waals surface area contributed by atoms with E-state index in [-0.39, 0.29) is 18.1 Å². The highest BCUT2D eigenvalue weighted by Gasteiger charge is 2.44. The molecule has 5 unspecified atom stereocenters. The molecule has 5 fully saturated rings. The maximum Gasteiger partial charge on any atom is 0.243 e. The molecule has 1 aliphatic carbocycles. The quantitative estimate of drug-likeness (QED) is 0.437. The predicted molar refractivity (Wildman–Crippen MR) is 103 cm³/mol. The summed E-state index contributed by atoms with van der Waals surface area (Å²) in [4.78, 5) is 19.1. The Bertz CT molecular complexity index is 630. The van der Waals surface area contributed by atoms with E-state index >= 15 is 0 Å². The number of hydrogen-bond acceptors (Lipinski definition) is 8. The monoisotopic (exact) mass is 388 g/mol. The van der Waals surface area contributed by atoms with Crippen LogP contribution in [0.5, 0.6) is 0 Å². The van der Waals surface area contributed by atoms with E-state index in [9.17, 15) is 10.1 Å². The highest BCUT2D eigenvalue weighted by Crippen LogP contribution is 2.36. The second kappa shape index (κ2) is 7.76. The number of piperazine rings is 2. The lowest BCUT2D eigenvalue weighted by molar-refractivity contribution is -0.149. The van der Waals surface area contributed by atoms with Gasteiger partial charge in [-0.05, 0) is 37.5 Å². The molecule has 4 N–H and O–H groups in total. The van der Waals surface area contributed by atoms with Crippen LogP contribution in [0.2, 0.25) is 0 Å². The molecule has 4 aliphatic heterocycles. The minimum atomic E-state index is -0.170. The van der Waals surface area contributed by atoms with Crippen LogP contribution >= 0.6 is 0 Å². The molecule has 5 aliphatic rings. The van der Waals surface area contributed by atoms with E-state index in [4.69, 9.17) is 0 Å². The zero-order valence-corrected chi connectivity index (χ0v) is 16.4. The van der Waals surface area contributed by atoms with Crippen molar-refractivity contribution in [3.05, 3.63) is 0 Å². The van der Waals surface area contributed by atoms with Crippen LogP contribution in [-0.2, 0) is 4.79 Å². The second-order valence-corrected chi connectivity index (χ2v) is 9.01. The highest BCUT2D eigenvalue weighted by molar-refractivity contribution is 5.83. The lowest BCUT2D eigenvalue weighted by Crippen LogP contribution is -2.69. The van der Waals surface area contributed by atoms with Crippen LogP contribution in [0.15, 0.2) is 0 Å². The number of rotatable bonds is 2. The third-order valence-electron chi connectivity index (χ3n) is 7.65. The van der Waals surface area contributed by atoms with Gasteiger partial charge >= 0.3 is 0 Å². The Morgan fingerprint density at radius 2 is 1.79 bits per heavy atom. The Kier molecular flexibility index (Phi) is 5.15. The number of nitrogens with zero attached hydrogens (tertiary/aromatic N) is 4. The number of hydrogen-bond donors (Lipinski definition) is 4. The summed E-state index contributed by atoms with van der Waals surface area (Å²) in [5.74, 6) is 1.56. The number of fused-ring (bicyclic) bond motifs is 2. The zero-order valence-electron chi connectivity index (χ0n) is 16.4. The normalized spacial score (nSPS) is 42.0. The first-order chi connectivity index (χ1) is 13.7. The van der Waals surface area contributed by atoms with Crippen LogP contribution in [0.4, 0.5) is 0 Å². The highest BCUT2D eigenvalue weighted by atomic mass is 16.2. The minimum absolute atomic E-state index is 0.0579. The topological polar surface area (TPSA) is 98.7 Å². The van der Waals surface area contributed by atoms with Crippen molar-refractivity contribution in [2.45, 2.75) is 56.4 Å². The van der Waals surface area contributed by atoms with E-state index in [0.717, 1.165) is 45.6 Å². The van der Waals surface area contributed by atoms with Crippen LogP contribution in [-0.4, -0.2) is 84.2 Å². The molecule has 0 aromatic rings. The van der Waals surface area contributed by atoms with Gasteiger partial charge in [-0.15, -0.1) is 0 Å². The van der Waals surface area contributed by atoms with Crippen molar-refractivity contribution >= 4 is 5.91 Å². The summed E-state index contributed by atoms with van der Waals surface area (Å²) in [6.07, 6.45) is 8.22. The SMILES string of the molecule is N#CN1CCN2CCN(C3CCC(C4CCCC5NNCC54)NN3)C(=O)[C@H]2C1. The Morgan fingerprint density at radius 1 is 0.929 bits per heavy atom. The molecule has 0 bridgehead atoms. The van der Waals surface area contributed by atoms with E-state index < -0.39 is 0 Å².